The summed E-state index contributed by atoms with van der Waals surface area (Å²) in [6.07, 6.45) is 2.25. The minimum absolute atomic E-state index is 0.00615. The molecule has 29 heavy (non-hydrogen) atoms. The summed E-state index contributed by atoms with van der Waals surface area (Å²) in [5.41, 5.74) is 5.31. The number of nitrogens with zero attached hydrogens (tertiary/aromatic N) is 2. The number of aryl methyl sites for hydroxylation is 2. The average molecular weight is 385 g/mol. The minimum atomic E-state index is -0.0979. The SMILES string of the molecule is Cc1ccccc1C1CC(=O)C(C=Nc2n[nH]c(C)c2-c2ccccc2)=C(O)C1. The Morgan fingerprint density at radius 1 is 1.07 bits per heavy atom. The van der Waals surface area contributed by atoms with Gasteiger partial charge in [0.15, 0.2) is 11.6 Å². The van der Waals surface area contributed by atoms with E-state index in [1.807, 2.05) is 68.4 Å². The number of nitrogens with one attached hydrogen (secondary N) is 1. The molecule has 0 fully saturated rings. The molecule has 5 heteroatoms. The summed E-state index contributed by atoms with van der Waals surface area (Å²) in [5.74, 6) is 0.488. The van der Waals surface area contributed by atoms with Crippen molar-refractivity contribution < 1.29 is 9.90 Å². The average Bonchev–Trinajstić information content (AvgIpc) is 3.08. The van der Waals surface area contributed by atoms with E-state index in [4.69, 9.17) is 0 Å². The first-order chi connectivity index (χ1) is 14.0. The van der Waals surface area contributed by atoms with Crippen LogP contribution < -0.4 is 0 Å². The van der Waals surface area contributed by atoms with Gasteiger partial charge in [-0.25, -0.2) is 4.99 Å². The Bertz CT molecular complexity index is 1110. The number of hydrogen-bond acceptors (Lipinski definition) is 4. The molecule has 0 radical (unpaired) electrons. The molecule has 0 saturated heterocycles. The van der Waals surface area contributed by atoms with Gasteiger partial charge in [0.05, 0.1) is 5.57 Å². The van der Waals surface area contributed by atoms with Gasteiger partial charge in [-0.15, -0.1) is 0 Å². The highest BCUT2D eigenvalue weighted by Gasteiger charge is 2.28. The van der Waals surface area contributed by atoms with E-state index in [0.29, 0.717) is 18.7 Å². The number of ketones is 1. The second kappa shape index (κ2) is 7.87. The first-order valence-electron chi connectivity index (χ1n) is 9.70. The van der Waals surface area contributed by atoms with Crippen LogP contribution in [0.2, 0.25) is 0 Å². The zero-order chi connectivity index (χ0) is 20.4. The van der Waals surface area contributed by atoms with Gasteiger partial charge in [0.25, 0.3) is 0 Å². The summed E-state index contributed by atoms with van der Waals surface area (Å²) in [5, 5.41) is 17.8. The van der Waals surface area contributed by atoms with E-state index in [0.717, 1.165) is 27.9 Å². The normalized spacial score (nSPS) is 17.3. The van der Waals surface area contributed by atoms with Crippen LogP contribution in [-0.4, -0.2) is 27.3 Å². The number of aromatic amines is 1. The van der Waals surface area contributed by atoms with Crippen molar-refractivity contribution in [3.8, 4) is 11.1 Å². The number of aliphatic hydroxyl groups is 1. The third kappa shape index (κ3) is 3.76. The number of Topliss-reactive ketones (excluding diaryl/α,β-unsaturated/α-hetero) is 1. The summed E-state index contributed by atoms with van der Waals surface area (Å²) in [4.78, 5) is 17.2. The molecule has 4 rings (SSSR count). The molecule has 1 aliphatic rings. The maximum atomic E-state index is 12.7. The van der Waals surface area contributed by atoms with E-state index >= 15 is 0 Å². The Morgan fingerprint density at radius 2 is 1.79 bits per heavy atom. The molecular weight excluding hydrogens is 362 g/mol. The van der Waals surface area contributed by atoms with Gasteiger partial charge in [-0.1, -0.05) is 54.6 Å². The predicted octanol–water partition coefficient (Wildman–Crippen LogP) is 5.35. The number of allylic oxidation sites excluding steroid dienone is 2. The molecule has 0 saturated carbocycles. The number of H-pyrrole nitrogens is 1. The van der Waals surface area contributed by atoms with E-state index < -0.39 is 0 Å². The Labute approximate surface area is 169 Å². The highest BCUT2D eigenvalue weighted by Crippen LogP contribution is 2.35. The lowest BCUT2D eigenvalue weighted by Gasteiger charge is -2.23. The monoisotopic (exact) mass is 385 g/mol. The summed E-state index contributed by atoms with van der Waals surface area (Å²) in [6.45, 7) is 3.96. The number of carbonyl (C=O) groups excluding carboxylic acids is 1. The second-order valence-corrected chi connectivity index (χ2v) is 7.42. The zero-order valence-electron chi connectivity index (χ0n) is 16.5. The van der Waals surface area contributed by atoms with Crippen molar-refractivity contribution in [2.75, 3.05) is 0 Å². The lowest BCUT2D eigenvalue weighted by atomic mass is 9.81. The molecule has 1 aliphatic carbocycles. The Balaban J connectivity index is 1.62. The van der Waals surface area contributed by atoms with Crippen molar-refractivity contribution in [3.05, 3.63) is 82.8 Å². The maximum Gasteiger partial charge on any atom is 0.181 e. The van der Waals surface area contributed by atoms with Crippen molar-refractivity contribution in [3.63, 3.8) is 0 Å². The molecule has 1 unspecified atom stereocenters. The molecule has 146 valence electrons. The zero-order valence-corrected chi connectivity index (χ0v) is 16.5. The van der Waals surface area contributed by atoms with Crippen LogP contribution in [0.25, 0.3) is 11.1 Å². The summed E-state index contributed by atoms with van der Waals surface area (Å²) >= 11 is 0. The van der Waals surface area contributed by atoms with Gasteiger partial charge in [-0.3, -0.25) is 9.89 Å². The van der Waals surface area contributed by atoms with Crippen LogP contribution >= 0.6 is 0 Å². The highest BCUT2D eigenvalue weighted by molar-refractivity contribution is 6.15. The molecule has 0 bridgehead atoms. The Kier molecular flexibility index (Phi) is 5.12. The van der Waals surface area contributed by atoms with Crippen LogP contribution in [0.15, 0.2) is 70.9 Å². The minimum Gasteiger partial charge on any atom is -0.511 e. The van der Waals surface area contributed by atoms with Crippen LogP contribution in [0.4, 0.5) is 5.82 Å². The van der Waals surface area contributed by atoms with Gasteiger partial charge in [0.2, 0.25) is 0 Å². The fourth-order valence-electron chi connectivity index (χ4n) is 3.91. The number of aromatic nitrogens is 2. The van der Waals surface area contributed by atoms with Gasteiger partial charge in [-0.05, 0) is 36.5 Å². The number of rotatable bonds is 4. The maximum absolute atomic E-state index is 12.7. The van der Waals surface area contributed by atoms with E-state index in [1.165, 1.54) is 6.21 Å². The lowest BCUT2D eigenvalue weighted by molar-refractivity contribution is -0.116. The Hall–Kier alpha value is -3.47. The van der Waals surface area contributed by atoms with Crippen LogP contribution in [-0.2, 0) is 4.79 Å². The van der Waals surface area contributed by atoms with E-state index in [-0.39, 0.29) is 23.0 Å². The smallest absolute Gasteiger partial charge is 0.181 e. The van der Waals surface area contributed by atoms with Crippen LogP contribution in [0, 0.1) is 13.8 Å². The molecule has 1 atom stereocenters. The fourth-order valence-corrected chi connectivity index (χ4v) is 3.91. The van der Waals surface area contributed by atoms with Gasteiger partial charge < -0.3 is 5.11 Å². The van der Waals surface area contributed by atoms with E-state index in [9.17, 15) is 9.90 Å². The van der Waals surface area contributed by atoms with E-state index in [2.05, 4.69) is 15.2 Å². The van der Waals surface area contributed by atoms with Crippen molar-refractivity contribution in [1.29, 1.82) is 0 Å². The summed E-state index contributed by atoms with van der Waals surface area (Å²) < 4.78 is 0. The summed E-state index contributed by atoms with van der Waals surface area (Å²) in [7, 11) is 0. The standard InChI is InChI=1S/C24H23N3O2/c1-15-8-6-7-11-19(15)18-12-21(28)20(22(29)13-18)14-25-24-23(16(2)26-27-24)17-9-4-3-5-10-17/h3-11,14,18,28H,12-13H2,1-2H3,(H,26,27). The van der Waals surface area contributed by atoms with Crippen molar-refractivity contribution in [1.82, 2.24) is 10.2 Å². The molecule has 1 heterocycles. The number of aliphatic hydroxyl groups excluding tert-OH is 1. The van der Waals surface area contributed by atoms with Crippen molar-refractivity contribution >= 4 is 17.8 Å². The lowest BCUT2D eigenvalue weighted by Crippen LogP contribution is -2.19. The van der Waals surface area contributed by atoms with Gasteiger partial charge in [0, 0.05) is 30.3 Å². The van der Waals surface area contributed by atoms with Crippen LogP contribution in [0.3, 0.4) is 0 Å². The molecule has 0 amide bonds. The first kappa shape index (κ1) is 18.9. The molecule has 5 nitrogen and oxygen atoms in total. The molecule has 2 N–H and O–H groups in total. The molecule has 2 aromatic carbocycles. The van der Waals surface area contributed by atoms with Crippen molar-refractivity contribution in [2.45, 2.75) is 32.6 Å². The molecular formula is C24H23N3O2. The second-order valence-electron chi connectivity index (χ2n) is 7.42. The number of carbonyl (C=O) groups is 1. The topological polar surface area (TPSA) is 78.3 Å². The highest BCUT2D eigenvalue weighted by atomic mass is 16.3. The number of hydrogen-bond donors (Lipinski definition) is 2. The van der Waals surface area contributed by atoms with Gasteiger partial charge in [0.1, 0.15) is 5.76 Å². The van der Waals surface area contributed by atoms with E-state index in [1.54, 1.807) is 0 Å². The Morgan fingerprint density at radius 3 is 2.52 bits per heavy atom. The van der Waals surface area contributed by atoms with Gasteiger partial charge in [-0.2, -0.15) is 5.10 Å². The largest absolute Gasteiger partial charge is 0.511 e. The number of aliphatic imine (C=N–C) groups is 1. The quantitative estimate of drug-likeness (QED) is 0.594. The van der Waals surface area contributed by atoms with Crippen LogP contribution in [0.1, 0.15) is 35.6 Å². The third-order valence-corrected chi connectivity index (χ3v) is 5.42. The number of benzene rings is 2. The molecule has 0 aliphatic heterocycles. The third-order valence-electron chi connectivity index (χ3n) is 5.42. The fraction of sp³-hybridized carbons (Fsp3) is 0.208. The summed E-state index contributed by atoms with van der Waals surface area (Å²) in [6, 6.07) is 17.9. The first-order valence-corrected chi connectivity index (χ1v) is 9.70. The molecule has 1 aromatic heterocycles. The van der Waals surface area contributed by atoms with Gasteiger partial charge >= 0.3 is 0 Å². The van der Waals surface area contributed by atoms with Crippen molar-refractivity contribution in [2.24, 2.45) is 4.99 Å². The molecule has 0 spiro atoms. The van der Waals surface area contributed by atoms with Crippen LogP contribution in [0.5, 0.6) is 0 Å². The molecule has 3 aromatic rings. The predicted molar refractivity (Wildman–Crippen MR) is 115 cm³/mol.